The van der Waals surface area contributed by atoms with Crippen molar-refractivity contribution in [3.8, 4) is 16.9 Å². The van der Waals surface area contributed by atoms with E-state index in [0.717, 1.165) is 80.5 Å². The summed E-state index contributed by atoms with van der Waals surface area (Å²) in [6.45, 7) is 8.68. The van der Waals surface area contributed by atoms with Crippen molar-refractivity contribution >= 4 is 17.5 Å². The molecule has 1 aromatic heterocycles. The number of methoxy groups -OCH3 is 1. The summed E-state index contributed by atoms with van der Waals surface area (Å²) in [6.07, 6.45) is 11.8. The van der Waals surface area contributed by atoms with Crippen LogP contribution in [0.5, 0.6) is 5.75 Å². The Morgan fingerprint density at radius 3 is 2.37 bits per heavy atom. The first-order valence-electron chi connectivity index (χ1n) is 16.1. The van der Waals surface area contributed by atoms with Crippen LogP contribution in [0.2, 0.25) is 0 Å². The van der Waals surface area contributed by atoms with E-state index in [1.165, 1.54) is 11.1 Å². The second kappa shape index (κ2) is 13.8. The number of nitrogens with one attached hydrogen (secondary N) is 1. The van der Waals surface area contributed by atoms with Crippen LogP contribution in [-0.2, 0) is 9.59 Å². The Morgan fingerprint density at radius 2 is 1.74 bits per heavy atom. The Hall–Kier alpha value is -3.61. The molecule has 3 aromatic rings. The minimum atomic E-state index is -0.0176. The summed E-state index contributed by atoms with van der Waals surface area (Å²) in [5.41, 5.74) is 5.70. The van der Waals surface area contributed by atoms with Crippen LogP contribution >= 0.6 is 0 Å². The van der Waals surface area contributed by atoms with Gasteiger partial charge in [-0.05, 0) is 119 Å². The van der Waals surface area contributed by atoms with Crippen molar-refractivity contribution < 1.29 is 14.3 Å². The number of aromatic nitrogens is 2. The highest BCUT2D eigenvalue weighted by Gasteiger charge is 2.33. The molecule has 43 heavy (non-hydrogen) atoms. The SMILES string of the molecule is COc1ccc([C@H]2CC[C@H](CN(c3cccc(-c4cnn(C(C)C)c4)c3)C(=O)[C@H]3CC[C@H](NC(C)=O)CC3)CC2)cc1C. The van der Waals surface area contributed by atoms with Gasteiger partial charge >= 0.3 is 0 Å². The van der Waals surface area contributed by atoms with Crippen molar-refractivity contribution in [2.75, 3.05) is 18.6 Å². The minimum Gasteiger partial charge on any atom is -0.496 e. The number of anilines is 1. The zero-order valence-electron chi connectivity index (χ0n) is 26.5. The first-order chi connectivity index (χ1) is 20.7. The molecule has 0 bridgehead atoms. The van der Waals surface area contributed by atoms with Crippen molar-refractivity contribution in [3.05, 3.63) is 66.0 Å². The fourth-order valence-corrected chi connectivity index (χ4v) is 7.03. The first-order valence-corrected chi connectivity index (χ1v) is 16.1. The molecule has 2 saturated carbocycles. The van der Waals surface area contributed by atoms with Crippen LogP contribution in [0.25, 0.3) is 11.1 Å². The largest absolute Gasteiger partial charge is 0.496 e. The molecular formula is C36H48N4O3. The molecule has 230 valence electrons. The summed E-state index contributed by atoms with van der Waals surface area (Å²) in [7, 11) is 1.73. The topological polar surface area (TPSA) is 76.5 Å². The van der Waals surface area contributed by atoms with Crippen molar-refractivity contribution in [1.29, 1.82) is 0 Å². The molecule has 2 amide bonds. The summed E-state index contributed by atoms with van der Waals surface area (Å²) in [6, 6.07) is 15.5. The molecule has 0 saturated heterocycles. The van der Waals surface area contributed by atoms with Crippen molar-refractivity contribution in [2.24, 2.45) is 11.8 Å². The van der Waals surface area contributed by atoms with Gasteiger partial charge < -0.3 is 15.0 Å². The lowest BCUT2D eigenvalue weighted by molar-refractivity contribution is -0.123. The predicted molar refractivity (Wildman–Crippen MR) is 172 cm³/mol. The minimum absolute atomic E-state index is 0.00871. The number of nitrogens with zero attached hydrogens (tertiary/aromatic N) is 3. The summed E-state index contributed by atoms with van der Waals surface area (Å²) < 4.78 is 7.45. The molecule has 2 aliphatic rings. The normalized spacial score (nSPS) is 22.3. The lowest BCUT2D eigenvalue weighted by Crippen LogP contribution is -2.43. The molecule has 2 aromatic carbocycles. The van der Waals surface area contributed by atoms with Crippen LogP contribution in [0.4, 0.5) is 5.69 Å². The van der Waals surface area contributed by atoms with Crippen LogP contribution in [0.15, 0.2) is 54.9 Å². The van der Waals surface area contributed by atoms with Gasteiger partial charge in [0, 0.05) is 48.9 Å². The number of aryl methyl sites for hydroxylation is 1. The van der Waals surface area contributed by atoms with Crippen LogP contribution < -0.4 is 15.0 Å². The Bertz CT molecular complexity index is 1400. The van der Waals surface area contributed by atoms with Gasteiger partial charge in [-0.15, -0.1) is 0 Å². The molecular weight excluding hydrogens is 536 g/mol. The van der Waals surface area contributed by atoms with Gasteiger partial charge in [0.15, 0.2) is 0 Å². The highest BCUT2D eigenvalue weighted by molar-refractivity contribution is 5.95. The maximum Gasteiger partial charge on any atom is 0.230 e. The van der Waals surface area contributed by atoms with Gasteiger partial charge in [0.2, 0.25) is 11.8 Å². The lowest BCUT2D eigenvalue weighted by Gasteiger charge is -2.36. The highest BCUT2D eigenvalue weighted by atomic mass is 16.5. The molecule has 0 spiro atoms. The molecule has 2 fully saturated rings. The van der Waals surface area contributed by atoms with Gasteiger partial charge in [0.05, 0.1) is 13.3 Å². The second-order valence-electron chi connectivity index (χ2n) is 13.0. The molecule has 1 heterocycles. The third-order valence-electron chi connectivity index (χ3n) is 9.55. The van der Waals surface area contributed by atoms with Gasteiger partial charge in [-0.1, -0.05) is 24.3 Å². The van der Waals surface area contributed by atoms with Crippen LogP contribution in [-0.4, -0.2) is 41.3 Å². The Balaban J connectivity index is 1.33. The van der Waals surface area contributed by atoms with E-state index in [0.29, 0.717) is 17.9 Å². The van der Waals surface area contributed by atoms with E-state index in [1.54, 1.807) is 14.0 Å². The molecule has 0 atom stereocenters. The molecule has 0 radical (unpaired) electrons. The van der Waals surface area contributed by atoms with E-state index in [4.69, 9.17) is 4.74 Å². The number of ether oxygens (including phenoxy) is 1. The summed E-state index contributed by atoms with van der Waals surface area (Å²) in [5.74, 6) is 2.17. The lowest BCUT2D eigenvalue weighted by atomic mass is 9.78. The fraction of sp³-hybridized carbons (Fsp3) is 0.528. The van der Waals surface area contributed by atoms with E-state index in [-0.39, 0.29) is 23.8 Å². The Labute approximate surface area is 257 Å². The Morgan fingerprint density at radius 1 is 1.00 bits per heavy atom. The molecule has 7 nitrogen and oxygen atoms in total. The number of benzene rings is 2. The third kappa shape index (κ3) is 7.49. The van der Waals surface area contributed by atoms with Crippen LogP contribution in [0.3, 0.4) is 0 Å². The second-order valence-corrected chi connectivity index (χ2v) is 13.0. The summed E-state index contributed by atoms with van der Waals surface area (Å²) >= 11 is 0. The summed E-state index contributed by atoms with van der Waals surface area (Å²) in [5, 5.41) is 7.59. The maximum atomic E-state index is 14.2. The molecule has 5 rings (SSSR count). The average Bonchev–Trinajstić information content (AvgIpc) is 3.51. The van der Waals surface area contributed by atoms with Gasteiger partial charge in [0.25, 0.3) is 0 Å². The van der Waals surface area contributed by atoms with E-state index in [9.17, 15) is 9.59 Å². The molecule has 0 aliphatic heterocycles. The molecule has 7 heteroatoms. The number of hydrogen-bond donors (Lipinski definition) is 1. The monoisotopic (exact) mass is 584 g/mol. The Kier molecular flexibility index (Phi) is 9.89. The maximum absolute atomic E-state index is 14.2. The van der Waals surface area contributed by atoms with Crippen LogP contribution in [0.1, 0.15) is 95.2 Å². The van der Waals surface area contributed by atoms with Crippen molar-refractivity contribution in [1.82, 2.24) is 15.1 Å². The van der Waals surface area contributed by atoms with Crippen LogP contribution in [0, 0.1) is 18.8 Å². The average molecular weight is 585 g/mol. The zero-order valence-corrected chi connectivity index (χ0v) is 26.5. The van der Waals surface area contributed by atoms with E-state index >= 15 is 0 Å². The van der Waals surface area contributed by atoms with Gasteiger partial charge in [-0.2, -0.15) is 5.10 Å². The third-order valence-corrected chi connectivity index (χ3v) is 9.55. The van der Waals surface area contributed by atoms with Crippen molar-refractivity contribution in [2.45, 2.75) is 97.1 Å². The quantitative estimate of drug-likeness (QED) is 0.283. The number of amides is 2. The first kappa shape index (κ1) is 30.8. The van der Waals surface area contributed by atoms with E-state index < -0.39 is 0 Å². The smallest absolute Gasteiger partial charge is 0.230 e. The number of carbonyl (C=O) groups is 2. The standard InChI is InChI=1S/C36H48N4O3/c1-24(2)40-23-32(21-37-40)30-7-6-8-34(20-30)39(36(42)29-13-16-33(17-14-29)38-26(4)41)22-27-9-11-28(12-10-27)31-15-18-35(43-5)25(3)19-31/h6-8,15,18-21,23-24,27-29,33H,9-14,16-17,22H2,1-5H3,(H,38,41)/t27-,28-,29-,33-. The molecule has 1 N–H and O–H groups in total. The molecule has 2 aliphatic carbocycles. The molecule has 0 unspecified atom stereocenters. The van der Waals surface area contributed by atoms with Gasteiger partial charge in [-0.25, -0.2) is 0 Å². The van der Waals surface area contributed by atoms with E-state index in [2.05, 4.69) is 84.7 Å². The number of rotatable bonds is 9. The van der Waals surface area contributed by atoms with Gasteiger partial charge in [-0.3, -0.25) is 14.3 Å². The summed E-state index contributed by atoms with van der Waals surface area (Å²) in [4.78, 5) is 27.9. The van der Waals surface area contributed by atoms with Gasteiger partial charge in [0.1, 0.15) is 5.75 Å². The number of carbonyl (C=O) groups excluding carboxylic acids is 2. The zero-order chi connectivity index (χ0) is 30.5. The fourth-order valence-electron chi connectivity index (χ4n) is 7.03. The van der Waals surface area contributed by atoms with Crippen molar-refractivity contribution in [3.63, 3.8) is 0 Å². The predicted octanol–water partition coefficient (Wildman–Crippen LogP) is 7.45. The number of hydrogen-bond acceptors (Lipinski definition) is 4. The highest BCUT2D eigenvalue weighted by Crippen LogP contribution is 2.39. The van der Waals surface area contributed by atoms with E-state index in [1.807, 2.05) is 10.9 Å².